The molecule has 1 N–H and O–H groups in total. The number of hydrogen-bond acceptors (Lipinski definition) is 4. The third-order valence-corrected chi connectivity index (χ3v) is 5.53. The maximum atomic E-state index is 12.6. The van der Waals surface area contributed by atoms with Crippen LogP contribution in [0, 0.1) is 11.3 Å². The van der Waals surface area contributed by atoms with Crippen LogP contribution in [-0.2, 0) is 9.53 Å². The summed E-state index contributed by atoms with van der Waals surface area (Å²) < 4.78 is 5.46. The van der Waals surface area contributed by atoms with Crippen molar-refractivity contribution in [3.05, 3.63) is 0 Å². The topological polar surface area (TPSA) is 70.1 Å². The van der Waals surface area contributed by atoms with Crippen LogP contribution in [0.3, 0.4) is 0 Å². The van der Waals surface area contributed by atoms with E-state index in [1.54, 1.807) is 4.90 Å². The highest BCUT2D eigenvalue weighted by atomic mass is 16.6. The molecule has 0 bridgehead atoms. The summed E-state index contributed by atoms with van der Waals surface area (Å²) in [4.78, 5) is 28.5. The Balaban J connectivity index is 1.70. The van der Waals surface area contributed by atoms with Crippen LogP contribution in [0.1, 0.15) is 46.5 Å². The number of aliphatic hydroxyl groups is 1. The number of piperidine rings is 1. The molecule has 3 rings (SSSR count). The Hall–Kier alpha value is -1.30. The lowest BCUT2D eigenvalue weighted by Crippen LogP contribution is -2.65. The monoisotopic (exact) mass is 324 g/mol. The fourth-order valence-corrected chi connectivity index (χ4v) is 3.96. The van der Waals surface area contributed by atoms with Crippen molar-refractivity contribution in [2.45, 2.75) is 58.2 Å². The van der Waals surface area contributed by atoms with Gasteiger partial charge in [0, 0.05) is 37.5 Å². The van der Waals surface area contributed by atoms with Gasteiger partial charge in [-0.1, -0.05) is 0 Å². The Labute approximate surface area is 137 Å². The lowest BCUT2D eigenvalue weighted by atomic mass is 9.54. The van der Waals surface area contributed by atoms with Crippen molar-refractivity contribution in [1.82, 2.24) is 9.80 Å². The lowest BCUT2D eigenvalue weighted by Gasteiger charge is -2.57. The van der Waals surface area contributed by atoms with Crippen molar-refractivity contribution in [1.29, 1.82) is 0 Å². The molecule has 6 heteroatoms. The summed E-state index contributed by atoms with van der Waals surface area (Å²) in [6, 6.07) is 0. The minimum atomic E-state index is -0.535. The van der Waals surface area contributed by atoms with Crippen LogP contribution in [0.5, 0.6) is 0 Å². The molecule has 0 aromatic carbocycles. The van der Waals surface area contributed by atoms with Crippen LogP contribution in [0.15, 0.2) is 0 Å². The predicted octanol–water partition coefficient (Wildman–Crippen LogP) is 1.62. The molecule has 2 saturated heterocycles. The van der Waals surface area contributed by atoms with Crippen molar-refractivity contribution in [3.63, 3.8) is 0 Å². The van der Waals surface area contributed by atoms with Crippen molar-refractivity contribution >= 4 is 12.0 Å². The van der Waals surface area contributed by atoms with Crippen molar-refractivity contribution < 1.29 is 19.4 Å². The van der Waals surface area contributed by atoms with E-state index >= 15 is 0 Å². The largest absolute Gasteiger partial charge is 0.444 e. The zero-order valence-electron chi connectivity index (χ0n) is 14.4. The Kier molecular flexibility index (Phi) is 4.07. The van der Waals surface area contributed by atoms with E-state index in [1.165, 1.54) is 0 Å². The normalized spacial score (nSPS) is 33.9. The van der Waals surface area contributed by atoms with Gasteiger partial charge in [-0.05, 0) is 46.5 Å². The molecular formula is C17H28N2O4. The first kappa shape index (κ1) is 16.6. The van der Waals surface area contributed by atoms with Crippen LogP contribution in [-0.4, -0.2) is 64.8 Å². The van der Waals surface area contributed by atoms with Gasteiger partial charge in [-0.2, -0.15) is 0 Å². The quantitative estimate of drug-likeness (QED) is 0.796. The minimum Gasteiger partial charge on any atom is -0.444 e. The second kappa shape index (κ2) is 5.65. The number of carbonyl (C=O) groups is 2. The summed E-state index contributed by atoms with van der Waals surface area (Å²) in [5, 5.41) is 10.6. The van der Waals surface area contributed by atoms with Crippen molar-refractivity contribution in [3.8, 4) is 0 Å². The second-order valence-corrected chi connectivity index (χ2v) is 8.21. The molecule has 0 aromatic rings. The van der Waals surface area contributed by atoms with Crippen LogP contribution in [0.2, 0.25) is 0 Å². The van der Waals surface area contributed by atoms with Gasteiger partial charge in [-0.15, -0.1) is 0 Å². The molecule has 0 aromatic heterocycles. The molecule has 1 aliphatic carbocycles. The van der Waals surface area contributed by atoms with E-state index in [1.807, 2.05) is 25.7 Å². The summed E-state index contributed by atoms with van der Waals surface area (Å²) in [5.74, 6) is 0.00984. The molecule has 1 spiro atoms. The van der Waals surface area contributed by atoms with E-state index in [9.17, 15) is 14.7 Å². The van der Waals surface area contributed by atoms with E-state index in [0.717, 1.165) is 32.4 Å². The maximum Gasteiger partial charge on any atom is 0.410 e. The molecule has 3 unspecified atom stereocenters. The summed E-state index contributed by atoms with van der Waals surface area (Å²) in [6.07, 6.45) is 2.35. The number of aliphatic hydroxyl groups excluding tert-OH is 1. The van der Waals surface area contributed by atoms with Crippen LogP contribution in [0.4, 0.5) is 4.79 Å². The highest BCUT2D eigenvalue weighted by Crippen LogP contribution is 2.53. The first-order chi connectivity index (χ1) is 10.7. The number of nitrogens with zero attached hydrogens (tertiary/aromatic N) is 2. The highest BCUT2D eigenvalue weighted by molar-refractivity contribution is 5.82. The molecule has 6 nitrogen and oxygen atoms in total. The van der Waals surface area contributed by atoms with E-state index in [4.69, 9.17) is 4.74 Å². The Morgan fingerprint density at radius 2 is 1.83 bits per heavy atom. The Morgan fingerprint density at radius 1 is 1.13 bits per heavy atom. The van der Waals surface area contributed by atoms with Crippen molar-refractivity contribution in [2.24, 2.45) is 11.3 Å². The first-order valence-corrected chi connectivity index (χ1v) is 8.68. The number of likely N-dealkylation sites (tertiary alicyclic amines) is 2. The van der Waals surface area contributed by atoms with Crippen LogP contribution in [0.25, 0.3) is 0 Å². The molecule has 3 fully saturated rings. The van der Waals surface area contributed by atoms with Gasteiger partial charge in [0.15, 0.2) is 0 Å². The first-order valence-electron chi connectivity index (χ1n) is 8.68. The van der Waals surface area contributed by atoms with Crippen LogP contribution < -0.4 is 0 Å². The molecule has 1 saturated carbocycles. The van der Waals surface area contributed by atoms with Gasteiger partial charge in [-0.25, -0.2) is 4.79 Å². The zero-order valence-corrected chi connectivity index (χ0v) is 14.4. The van der Waals surface area contributed by atoms with Crippen molar-refractivity contribution in [2.75, 3.05) is 26.2 Å². The molecule has 3 aliphatic rings. The van der Waals surface area contributed by atoms with E-state index in [0.29, 0.717) is 19.5 Å². The molecule has 0 radical (unpaired) electrons. The molecular weight excluding hydrogens is 296 g/mol. The number of rotatable bonds is 1. The standard InChI is InChI=1S/C17H28N2O4/c1-16(2,3)23-15(22)19-10-6-13(20)17(11-19)7-5-12(17)14(21)18-8-4-9-18/h12-13,20H,4-11H2,1-3H3. The van der Waals surface area contributed by atoms with Gasteiger partial charge in [-0.3, -0.25) is 4.79 Å². The SMILES string of the molecule is CC(C)(C)OC(=O)N1CCC(O)C2(CCC2C(=O)N2CCC2)C1. The molecule has 2 heterocycles. The molecule has 2 amide bonds. The summed E-state index contributed by atoms with van der Waals surface area (Å²) in [5.41, 5.74) is -1.01. The smallest absolute Gasteiger partial charge is 0.410 e. The van der Waals surface area contributed by atoms with E-state index in [-0.39, 0.29) is 17.9 Å². The summed E-state index contributed by atoms with van der Waals surface area (Å²) in [6.45, 7) is 8.11. The third-order valence-electron chi connectivity index (χ3n) is 5.53. The second-order valence-electron chi connectivity index (χ2n) is 8.21. The van der Waals surface area contributed by atoms with E-state index in [2.05, 4.69) is 0 Å². The Morgan fingerprint density at radius 3 is 2.30 bits per heavy atom. The van der Waals surface area contributed by atoms with Crippen LogP contribution >= 0.6 is 0 Å². The molecule has 23 heavy (non-hydrogen) atoms. The fourth-order valence-electron chi connectivity index (χ4n) is 3.96. The Bertz CT molecular complexity index is 497. The number of hydrogen-bond donors (Lipinski definition) is 1. The maximum absolute atomic E-state index is 12.6. The van der Waals surface area contributed by atoms with E-state index < -0.39 is 17.1 Å². The highest BCUT2D eigenvalue weighted by Gasteiger charge is 2.58. The van der Waals surface area contributed by atoms with Gasteiger partial charge in [0.2, 0.25) is 5.91 Å². The van der Waals surface area contributed by atoms with Gasteiger partial charge >= 0.3 is 6.09 Å². The molecule has 2 aliphatic heterocycles. The number of ether oxygens (including phenoxy) is 1. The lowest BCUT2D eigenvalue weighted by molar-refractivity contribution is -0.172. The molecule has 130 valence electrons. The third kappa shape index (κ3) is 2.93. The summed E-state index contributed by atoms with van der Waals surface area (Å²) in [7, 11) is 0. The fraction of sp³-hybridized carbons (Fsp3) is 0.882. The van der Waals surface area contributed by atoms with Gasteiger partial charge < -0.3 is 19.6 Å². The molecule has 3 atom stereocenters. The van der Waals surface area contributed by atoms with Gasteiger partial charge in [0.1, 0.15) is 5.60 Å². The average molecular weight is 324 g/mol. The number of carbonyl (C=O) groups excluding carboxylic acids is 2. The minimum absolute atomic E-state index is 0.150. The van der Waals surface area contributed by atoms with Gasteiger partial charge in [0.05, 0.1) is 6.10 Å². The predicted molar refractivity (Wildman–Crippen MR) is 84.8 cm³/mol. The zero-order chi connectivity index (χ0) is 16.8. The average Bonchev–Trinajstić information content (AvgIpc) is 2.33. The number of amides is 2. The summed E-state index contributed by atoms with van der Waals surface area (Å²) >= 11 is 0. The van der Waals surface area contributed by atoms with Gasteiger partial charge in [0.25, 0.3) is 0 Å².